The van der Waals surface area contributed by atoms with Crippen molar-refractivity contribution in [3.63, 3.8) is 0 Å². The molecule has 2 heteroatoms. The molecule has 26 heavy (non-hydrogen) atoms. The predicted molar refractivity (Wildman–Crippen MR) is 106 cm³/mol. The maximum Gasteiger partial charge on any atom is 0.135 e. The molecule has 3 aromatic carbocycles. The van der Waals surface area contributed by atoms with Crippen LogP contribution in [-0.2, 0) is 11.2 Å². The second-order valence-electron chi connectivity index (χ2n) is 6.51. The Balaban J connectivity index is 1.88. The molecule has 1 atom stereocenters. The van der Waals surface area contributed by atoms with Crippen molar-refractivity contribution in [1.82, 2.24) is 0 Å². The van der Waals surface area contributed by atoms with E-state index in [4.69, 9.17) is 9.47 Å². The van der Waals surface area contributed by atoms with Gasteiger partial charge in [-0.05, 0) is 35.2 Å². The number of benzene rings is 3. The molecular formula is C24H22O2. The first-order chi connectivity index (χ1) is 12.8. The standard InChI is InChI=1S/C24H22O2/c1-2-9-18-14-22(19-10-5-3-6-11-19)24(26-17-21-16-25-21)23(15-18)20-12-7-4-8-13-20/h2-8,10-15,21H,1,9,16-17H2. The zero-order chi connectivity index (χ0) is 17.8. The lowest BCUT2D eigenvalue weighted by molar-refractivity contribution is 0.264. The van der Waals surface area contributed by atoms with Crippen molar-refractivity contribution < 1.29 is 9.47 Å². The van der Waals surface area contributed by atoms with Crippen molar-refractivity contribution in [2.45, 2.75) is 12.5 Å². The van der Waals surface area contributed by atoms with Gasteiger partial charge in [0.2, 0.25) is 0 Å². The molecule has 1 unspecified atom stereocenters. The van der Waals surface area contributed by atoms with Crippen LogP contribution >= 0.6 is 0 Å². The van der Waals surface area contributed by atoms with Gasteiger partial charge in [0.25, 0.3) is 0 Å². The molecule has 2 nitrogen and oxygen atoms in total. The van der Waals surface area contributed by atoms with E-state index in [1.165, 1.54) is 5.56 Å². The van der Waals surface area contributed by atoms with Gasteiger partial charge in [-0.15, -0.1) is 6.58 Å². The molecule has 1 fully saturated rings. The lowest BCUT2D eigenvalue weighted by Gasteiger charge is -2.18. The van der Waals surface area contributed by atoms with Crippen LogP contribution in [0.2, 0.25) is 0 Å². The second-order valence-corrected chi connectivity index (χ2v) is 6.51. The molecule has 0 spiro atoms. The molecule has 1 saturated heterocycles. The fourth-order valence-electron chi connectivity index (χ4n) is 3.13. The van der Waals surface area contributed by atoms with Crippen LogP contribution in [0.15, 0.2) is 85.5 Å². The third kappa shape index (κ3) is 3.71. The van der Waals surface area contributed by atoms with Gasteiger partial charge >= 0.3 is 0 Å². The second kappa shape index (κ2) is 7.59. The summed E-state index contributed by atoms with van der Waals surface area (Å²) in [5, 5.41) is 0. The third-order valence-corrected chi connectivity index (χ3v) is 4.51. The Morgan fingerprint density at radius 3 is 1.92 bits per heavy atom. The zero-order valence-electron chi connectivity index (χ0n) is 14.7. The maximum absolute atomic E-state index is 6.28. The highest BCUT2D eigenvalue weighted by Crippen LogP contribution is 2.41. The fraction of sp³-hybridized carbons (Fsp3) is 0.167. The average molecular weight is 342 g/mol. The van der Waals surface area contributed by atoms with Crippen molar-refractivity contribution in [3.05, 3.63) is 91.0 Å². The molecule has 1 heterocycles. The summed E-state index contributed by atoms with van der Waals surface area (Å²) in [5.41, 5.74) is 5.77. The van der Waals surface area contributed by atoms with Gasteiger partial charge in [0.05, 0.1) is 6.61 Å². The molecule has 0 amide bonds. The summed E-state index contributed by atoms with van der Waals surface area (Å²) in [6.45, 7) is 5.27. The lowest BCUT2D eigenvalue weighted by atomic mass is 9.93. The molecule has 0 saturated carbocycles. The highest BCUT2D eigenvalue weighted by atomic mass is 16.6. The van der Waals surface area contributed by atoms with Gasteiger partial charge in [-0.2, -0.15) is 0 Å². The number of hydrogen-bond donors (Lipinski definition) is 0. The molecule has 0 bridgehead atoms. The van der Waals surface area contributed by atoms with Gasteiger partial charge in [0, 0.05) is 11.1 Å². The van der Waals surface area contributed by atoms with Gasteiger partial charge in [0.15, 0.2) is 0 Å². The first kappa shape index (κ1) is 16.6. The van der Waals surface area contributed by atoms with Gasteiger partial charge in [-0.3, -0.25) is 0 Å². The topological polar surface area (TPSA) is 21.8 Å². The first-order valence-corrected chi connectivity index (χ1v) is 8.98. The summed E-state index contributed by atoms with van der Waals surface area (Å²) in [7, 11) is 0. The molecule has 4 rings (SSSR count). The summed E-state index contributed by atoms with van der Waals surface area (Å²) < 4.78 is 11.6. The fourth-order valence-corrected chi connectivity index (χ4v) is 3.13. The number of allylic oxidation sites excluding steroid dienone is 1. The first-order valence-electron chi connectivity index (χ1n) is 8.98. The van der Waals surface area contributed by atoms with Gasteiger partial charge < -0.3 is 9.47 Å². The van der Waals surface area contributed by atoms with Crippen LogP contribution in [0.25, 0.3) is 22.3 Å². The zero-order valence-corrected chi connectivity index (χ0v) is 14.7. The van der Waals surface area contributed by atoms with Crippen LogP contribution in [0, 0.1) is 0 Å². The minimum Gasteiger partial charge on any atom is -0.489 e. The van der Waals surface area contributed by atoms with E-state index >= 15 is 0 Å². The molecule has 0 aromatic heterocycles. The van der Waals surface area contributed by atoms with Crippen molar-refractivity contribution in [3.8, 4) is 28.0 Å². The van der Waals surface area contributed by atoms with Crippen LogP contribution in [0.5, 0.6) is 5.75 Å². The van der Waals surface area contributed by atoms with Crippen LogP contribution in [0.1, 0.15) is 5.56 Å². The van der Waals surface area contributed by atoms with Gasteiger partial charge in [0.1, 0.15) is 18.5 Å². The minimum absolute atomic E-state index is 0.218. The molecule has 0 radical (unpaired) electrons. The molecule has 1 aliphatic rings. The van der Waals surface area contributed by atoms with Crippen LogP contribution in [-0.4, -0.2) is 19.3 Å². The Labute approximate surface area is 154 Å². The number of ether oxygens (including phenoxy) is 2. The van der Waals surface area contributed by atoms with E-state index < -0.39 is 0 Å². The SMILES string of the molecule is C=CCc1cc(-c2ccccc2)c(OCC2CO2)c(-c2ccccc2)c1. The van der Waals surface area contributed by atoms with Crippen molar-refractivity contribution in [2.75, 3.05) is 13.2 Å². The van der Waals surface area contributed by atoms with Crippen molar-refractivity contribution in [2.24, 2.45) is 0 Å². The monoisotopic (exact) mass is 342 g/mol. The Morgan fingerprint density at radius 2 is 1.46 bits per heavy atom. The largest absolute Gasteiger partial charge is 0.489 e. The quantitative estimate of drug-likeness (QED) is 0.416. The van der Waals surface area contributed by atoms with Gasteiger partial charge in [-0.25, -0.2) is 0 Å². The molecule has 130 valence electrons. The Hall–Kier alpha value is -2.84. The lowest BCUT2D eigenvalue weighted by Crippen LogP contribution is -2.06. The Bertz CT molecular complexity index is 820. The van der Waals surface area contributed by atoms with E-state index in [1.807, 2.05) is 18.2 Å². The van der Waals surface area contributed by atoms with Crippen LogP contribution in [0.3, 0.4) is 0 Å². The average Bonchev–Trinajstić information content (AvgIpc) is 3.52. The highest BCUT2D eigenvalue weighted by molar-refractivity contribution is 5.83. The molecule has 0 N–H and O–H groups in total. The van der Waals surface area contributed by atoms with E-state index in [2.05, 4.69) is 67.2 Å². The van der Waals surface area contributed by atoms with Gasteiger partial charge in [-0.1, -0.05) is 66.7 Å². The predicted octanol–water partition coefficient (Wildman–Crippen LogP) is 5.53. The Morgan fingerprint density at radius 1 is 0.923 bits per heavy atom. The number of hydrogen-bond acceptors (Lipinski definition) is 2. The molecule has 3 aromatic rings. The summed E-state index contributed by atoms with van der Waals surface area (Å²) in [5.74, 6) is 0.922. The van der Waals surface area contributed by atoms with E-state index in [-0.39, 0.29) is 6.10 Å². The van der Waals surface area contributed by atoms with Crippen molar-refractivity contribution in [1.29, 1.82) is 0 Å². The van der Waals surface area contributed by atoms with E-state index in [9.17, 15) is 0 Å². The number of epoxide rings is 1. The summed E-state index contributed by atoms with van der Waals surface area (Å²) >= 11 is 0. The Kier molecular flexibility index (Phi) is 4.85. The molecule has 0 aliphatic carbocycles. The van der Waals surface area contributed by atoms with Crippen molar-refractivity contribution >= 4 is 0 Å². The van der Waals surface area contributed by atoms with E-state index in [0.29, 0.717) is 6.61 Å². The summed E-state index contributed by atoms with van der Waals surface area (Å²) in [4.78, 5) is 0. The molecular weight excluding hydrogens is 320 g/mol. The van der Waals surface area contributed by atoms with Crippen LogP contribution in [0.4, 0.5) is 0 Å². The normalized spacial score (nSPS) is 15.5. The minimum atomic E-state index is 0.218. The maximum atomic E-state index is 6.28. The summed E-state index contributed by atoms with van der Waals surface area (Å²) in [6.07, 6.45) is 2.98. The third-order valence-electron chi connectivity index (χ3n) is 4.51. The summed E-state index contributed by atoms with van der Waals surface area (Å²) in [6, 6.07) is 25.3. The van der Waals surface area contributed by atoms with E-state index in [1.54, 1.807) is 0 Å². The highest BCUT2D eigenvalue weighted by Gasteiger charge is 2.25. The molecule has 1 aliphatic heterocycles. The number of rotatable bonds is 7. The smallest absolute Gasteiger partial charge is 0.135 e. The van der Waals surface area contributed by atoms with E-state index in [0.717, 1.165) is 41.0 Å². The van der Waals surface area contributed by atoms with Crippen LogP contribution < -0.4 is 4.74 Å².